The van der Waals surface area contributed by atoms with Gasteiger partial charge >= 0.3 is 0 Å². The van der Waals surface area contributed by atoms with E-state index in [-0.39, 0.29) is 16.2 Å². The van der Waals surface area contributed by atoms with Gasteiger partial charge in [-0.05, 0) is 42.5 Å². The molecular weight excluding hydrogens is 360 g/mol. The Morgan fingerprint density at radius 2 is 1.77 bits per heavy atom. The van der Waals surface area contributed by atoms with E-state index in [9.17, 15) is 13.2 Å². The number of carbonyl (C=O) groups is 1. The molecule has 0 atom stereocenters. The molecule has 0 radical (unpaired) electrons. The van der Waals surface area contributed by atoms with Crippen molar-refractivity contribution in [2.24, 2.45) is 5.14 Å². The first-order valence-corrected chi connectivity index (χ1v) is 9.14. The highest BCUT2D eigenvalue weighted by molar-refractivity contribution is 7.89. The largest absolute Gasteiger partial charge is 0.496 e. The molecule has 0 heterocycles. The summed E-state index contributed by atoms with van der Waals surface area (Å²) in [5.41, 5.74) is 0.566. The topological polar surface area (TPSA) is 117 Å². The van der Waals surface area contributed by atoms with Crippen molar-refractivity contribution in [2.75, 3.05) is 32.8 Å². The predicted octanol–water partition coefficient (Wildman–Crippen LogP) is 1.62. The maximum atomic E-state index is 12.5. The van der Waals surface area contributed by atoms with Gasteiger partial charge in [0, 0.05) is 12.8 Å². The van der Waals surface area contributed by atoms with Gasteiger partial charge in [-0.25, -0.2) is 13.6 Å². The first-order valence-electron chi connectivity index (χ1n) is 7.59. The minimum absolute atomic E-state index is 0.0550. The number of amides is 1. The summed E-state index contributed by atoms with van der Waals surface area (Å²) in [5, 5.41) is 7.78. The first-order chi connectivity index (χ1) is 12.3. The summed E-state index contributed by atoms with van der Waals surface area (Å²) in [7, 11) is -0.967. The Morgan fingerprint density at radius 3 is 2.35 bits per heavy atom. The van der Waals surface area contributed by atoms with E-state index < -0.39 is 15.9 Å². The zero-order valence-corrected chi connectivity index (χ0v) is 15.2. The SMILES string of the molecule is COCCOc1ccc(NC(=O)c2cc(S(N)(=O)=O)ccc2OC)cc1. The van der Waals surface area contributed by atoms with Crippen LogP contribution in [0.2, 0.25) is 0 Å². The Bertz CT molecular complexity index is 865. The summed E-state index contributed by atoms with van der Waals surface area (Å²) < 4.78 is 38.4. The van der Waals surface area contributed by atoms with Crippen LogP contribution in [0.15, 0.2) is 47.4 Å². The van der Waals surface area contributed by atoms with Crippen LogP contribution < -0.4 is 19.9 Å². The number of hydrogen-bond acceptors (Lipinski definition) is 6. The summed E-state index contributed by atoms with van der Waals surface area (Å²) >= 11 is 0. The number of rotatable bonds is 8. The molecule has 0 bridgehead atoms. The van der Waals surface area contributed by atoms with Crippen LogP contribution in [0.1, 0.15) is 10.4 Å². The number of hydrogen-bond donors (Lipinski definition) is 2. The normalized spacial score (nSPS) is 11.0. The van der Waals surface area contributed by atoms with Gasteiger partial charge in [-0.2, -0.15) is 0 Å². The van der Waals surface area contributed by atoms with Crippen molar-refractivity contribution in [3.8, 4) is 11.5 Å². The number of anilines is 1. The number of sulfonamides is 1. The second-order valence-electron chi connectivity index (χ2n) is 5.23. The maximum Gasteiger partial charge on any atom is 0.259 e. The van der Waals surface area contributed by atoms with Crippen molar-refractivity contribution in [2.45, 2.75) is 4.90 Å². The Hall–Kier alpha value is -2.62. The van der Waals surface area contributed by atoms with Crippen LogP contribution in [0, 0.1) is 0 Å². The molecule has 0 aromatic heterocycles. The molecule has 0 aliphatic carbocycles. The number of benzene rings is 2. The van der Waals surface area contributed by atoms with Crippen molar-refractivity contribution in [3.63, 3.8) is 0 Å². The summed E-state index contributed by atoms with van der Waals surface area (Å²) in [6.07, 6.45) is 0. The summed E-state index contributed by atoms with van der Waals surface area (Å²) in [4.78, 5) is 12.3. The van der Waals surface area contributed by atoms with E-state index in [1.807, 2.05) is 0 Å². The molecule has 1 amide bonds. The summed E-state index contributed by atoms with van der Waals surface area (Å²) in [5.74, 6) is 0.337. The number of carbonyl (C=O) groups excluding carboxylic acids is 1. The third-order valence-electron chi connectivity index (χ3n) is 3.41. The van der Waals surface area contributed by atoms with Crippen LogP contribution in [-0.4, -0.2) is 41.8 Å². The highest BCUT2D eigenvalue weighted by Crippen LogP contribution is 2.24. The van der Waals surface area contributed by atoms with Crippen molar-refractivity contribution >= 4 is 21.6 Å². The fourth-order valence-corrected chi connectivity index (χ4v) is 2.66. The Morgan fingerprint density at radius 1 is 1.08 bits per heavy atom. The monoisotopic (exact) mass is 380 g/mol. The molecule has 0 spiro atoms. The maximum absolute atomic E-state index is 12.5. The van der Waals surface area contributed by atoms with Gasteiger partial charge in [0.2, 0.25) is 10.0 Å². The number of primary sulfonamides is 1. The minimum atomic E-state index is -3.94. The Labute approximate surface area is 151 Å². The van der Waals surface area contributed by atoms with Crippen molar-refractivity contribution < 1.29 is 27.4 Å². The molecule has 0 aliphatic heterocycles. The van der Waals surface area contributed by atoms with Crippen LogP contribution >= 0.6 is 0 Å². The highest BCUT2D eigenvalue weighted by Gasteiger charge is 2.17. The standard InChI is InChI=1S/C17H20N2O6S/c1-23-9-10-25-13-5-3-12(4-6-13)19-17(20)15-11-14(26(18,21)22)7-8-16(15)24-2/h3-8,11H,9-10H2,1-2H3,(H,19,20)(H2,18,21,22). The first kappa shape index (κ1) is 19.7. The average molecular weight is 380 g/mol. The van der Waals surface area contributed by atoms with E-state index in [0.717, 1.165) is 0 Å². The fraction of sp³-hybridized carbons (Fsp3) is 0.235. The summed E-state index contributed by atoms with van der Waals surface area (Å²) in [6.45, 7) is 0.887. The zero-order valence-electron chi connectivity index (χ0n) is 14.4. The lowest BCUT2D eigenvalue weighted by molar-refractivity contribution is 0.102. The Balaban J connectivity index is 2.16. The molecule has 2 aromatic rings. The molecule has 140 valence electrons. The zero-order chi connectivity index (χ0) is 19.2. The lowest BCUT2D eigenvalue weighted by Crippen LogP contribution is -2.16. The number of methoxy groups -OCH3 is 2. The molecule has 26 heavy (non-hydrogen) atoms. The van der Waals surface area contributed by atoms with Gasteiger partial charge < -0.3 is 19.5 Å². The number of nitrogens with two attached hydrogens (primary N) is 1. The number of ether oxygens (including phenoxy) is 3. The third kappa shape index (κ3) is 5.19. The molecule has 2 rings (SSSR count). The minimum Gasteiger partial charge on any atom is -0.496 e. The fourth-order valence-electron chi connectivity index (χ4n) is 2.12. The van der Waals surface area contributed by atoms with E-state index in [2.05, 4.69) is 5.32 Å². The second kappa shape index (κ2) is 8.65. The molecule has 8 nitrogen and oxygen atoms in total. The predicted molar refractivity (Wildman–Crippen MR) is 96.1 cm³/mol. The molecule has 9 heteroatoms. The number of nitrogens with one attached hydrogen (secondary N) is 1. The molecule has 3 N–H and O–H groups in total. The molecule has 0 aliphatic rings. The summed E-state index contributed by atoms with van der Waals surface area (Å²) in [6, 6.07) is 10.5. The van der Waals surface area contributed by atoms with E-state index in [1.165, 1.54) is 25.3 Å². The van der Waals surface area contributed by atoms with Gasteiger partial charge in [0.15, 0.2) is 0 Å². The van der Waals surface area contributed by atoms with E-state index in [4.69, 9.17) is 19.3 Å². The van der Waals surface area contributed by atoms with Crippen molar-refractivity contribution in [1.29, 1.82) is 0 Å². The molecule has 2 aromatic carbocycles. The highest BCUT2D eigenvalue weighted by atomic mass is 32.2. The second-order valence-corrected chi connectivity index (χ2v) is 6.79. The van der Waals surface area contributed by atoms with Gasteiger partial charge in [-0.3, -0.25) is 4.79 Å². The smallest absolute Gasteiger partial charge is 0.259 e. The molecule has 0 saturated carbocycles. The quantitative estimate of drug-likeness (QED) is 0.672. The average Bonchev–Trinajstić information content (AvgIpc) is 2.62. The van der Waals surface area contributed by atoms with Gasteiger partial charge in [0.1, 0.15) is 18.1 Å². The van der Waals surface area contributed by atoms with E-state index >= 15 is 0 Å². The third-order valence-corrected chi connectivity index (χ3v) is 4.32. The van der Waals surface area contributed by atoms with Crippen LogP contribution in [0.3, 0.4) is 0 Å². The van der Waals surface area contributed by atoms with Gasteiger partial charge in [-0.1, -0.05) is 0 Å². The molecule has 0 fully saturated rings. The molecular formula is C17H20N2O6S. The van der Waals surface area contributed by atoms with Gasteiger partial charge in [0.05, 0.1) is 24.2 Å². The van der Waals surface area contributed by atoms with E-state index in [1.54, 1.807) is 31.4 Å². The van der Waals surface area contributed by atoms with Gasteiger partial charge in [-0.15, -0.1) is 0 Å². The van der Waals surface area contributed by atoms with E-state index in [0.29, 0.717) is 24.7 Å². The van der Waals surface area contributed by atoms with Crippen molar-refractivity contribution in [3.05, 3.63) is 48.0 Å². The Kier molecular flexibility index (Phi) is 6.56. The van der Waals surface area contributed by atoms with Crippen molar-refractivity contribution in [1.82, 2.24) is 0 Å². The lowest BCUT2D eigenvalue weighted by atomic mass is 10.2. The van der Waals surface area contributed by atoms with Gasteiger partial charge in [0.25, 0.3) is 5.91 Å². The lowest BCUT2D eigenvalue weighted by Gasteiger charge is -2.11. The molecule has 0 saturated heterocycles. The van der Waals surface area contributed by atoms with Crippen LogP contribution in [0.25, 0.3) is 0 Å². The van der Waals surface area contributed by atoms with Crippen LogP contribution in [0.5, 0.6) is 11.5 Å². The van der Waals surface area contributed by atoms with Crippen LogP contribution in [-0.2, 0) is 14.8 Å². The molecule has 0 unspecified atom stereocenters. The van der Waals surface area contributed by atoms with Crippen LogP contribution in [0.4, 0.5) is 5.69 Å².